The molecule has 1 atom stereocenters. The number of ether oxygens (including phenoxy) is 1. The molecule has 0 aliphatic heterocycles. The van der Waals surface area contributed by atoms with Gasteiger partial charge >= 0.3 is 0 Å². The van der Waals surface area contributed by atoms with Gasteiger partial charge in [0.15, 0.2) is 5.78 Å². The summed E-state index contributed by atoms with van der Waals surface area (Å²) in [7, 11) is 0. The lowest BCUT2D eigenvalue weighted by molar-refractivity contribution is -0.125. The number of alkyl halides is 1. The average Bonchev–Trinajstić information content (AvgIpc) is 2.35. The fourth-order valence-electron chi connectivity index (χ4n) is 1.75. The minimum atomic E-state index is -0.475. The van der Waals surface area contributed by atoms with E-state index in [0.29, 0.717) is 18.9 Å². The predicted octanol–water partition coefficient (Wildman–Crippen LogP) is 4.49. The fourth-order valence-corrected chi connectivity index (χ4v) is 2.26. The SMILES string of the molecule is CC(C)COc1ccc(CC(Cl)C(=O)C(C)(C)C)cc1. The maximum Gasteiger partial charge on any atom is 0.156 e. The molecule has 0 aliphatic carbocycles. The minimum absolute atomic E-state index is 0.0827. The van der Waals surface area contributed by atoms with Gasteiger partial charge in [0.05, 0.1) is 12.0 Å². The highest BCUT2D eigenvalue weighted by molar-refractivity contribution is 6.31. The van der Waals surface area contributed by atoms with Gasteiger partial charge in [-0.2, -0.15) is 0 Å². The zero-order chi connectivity index (χ0) is 15.3. The number of benzene rings is 1. The van der Waals surface area contributed by atoms with Crippen molar-refractivity contribution in [2.75, 3.05) is 6.61 Å². The van der Waals surface area contributed by atoms with Gasteiger partial charge in [-0.3, -0.25) is 4.79 Å². The largest absolute Gasteiger partial charge is 0.493 e. The van der Waals surface area contributed by atoms with Crippen molar-refractivity contribution in [3.05, 3.63) is 29.8 Å². The molecule has 1 rings (SSSR count). The van der Waals surface area contributed by atoms with Crippen LogP contribution >= 0.6 is 11.6 Å². The Morgan fingerprint density at radius 2 is 1.75 bits per heavy atom. The second kappa shape index (κ2) is 7.12. The van der Waals surface area contributed by atoms with Gasteiger partial charge in [-0.15, -0.1) is 11.6 Å². The Hall–Kier alpha value is -1.02. The molecule has 0 bridgehead atoms. The summed E-state index contributed by atoms with van der Waals surface area (Å²) in [5.74, 6) is 1.45. The number of hydrogen-bond donors (Lipinski definition) is 0. The molecule has 1 aromatic rings. The Morgan fingerprint density at radius 1 is 1.20 bits per heavy atom. The summed E-state index contributed by atoms with van der Waals surface area (Å²) < 4.78 is 5.63. The lowest BCUT2D eigenvalue weighted by atomic mass is 9.87. The topological polar surface area (TPSA) is 26.3 Å². The van der Waals surface area contributed by atoms with Gasteiger partial charge in [-0.05, 0) is 30.0 Å². The molecule has 0 N–H and O–H groups in total. The summed E-state index contributed by atoms with van der Waals surface area (Å²) >= 11 is 6.21. The molecule has 0 saturated heterocycles. The molecule has 1 unspecified atom stereocenters. The number of halogens is 1. The highest BCUT2D eigenvalue weighted by Crippen LogP contribution is 2.23. The Balaban J connectivity index is 2.59. The third kappa shape index (κ3) is 5.54. The van der Waals surface area contributed by atoms with Crippen molar-refractivity contribution in [3.63, 3.8) is 0 Å². The standard InChI is InChI=1S/C17H25ClO2/c1-12(2)11-20-14-8-6-13(7-9-14)10-15(18)16(19)17(3,4)5/h6-9,12,15H,10-11H2,1-5H3. The van der Waals surface area contributed by atoms with E-state index in [2.05, 4.69) is 13.8 Å². The van der Waals surface area contributed by atoms with Crippen LogP contribution in [0.3, 0.4) is 0 Å². The smallest absolute Gasteiger partial charge is 0.156 e. The molecular weight excluding hydrogens is 272 g/mol. The van der Waals surface area contributed by atoms with Gasteiger partial charge < -0.3 is 4.74 Å². The van der Waals surface area contributed by atoms with Gasteiger partial charge in [0.1, 0.15) is 5.75 Å². The highest BCUT2D eigenvalue weighted by atomic mass is 35.5. The lowest BCUT2D eigenvalue weighted by Crippen LogP contribution is -2.30. The highest BCUT2D eigenvalue weighted by Gasteiger charge is 2.28. The molecule has 0 heterocycles. The van der Waals surface area contributed by atoms with Gasteiger partial charge in [0.2, 0.25) is 0 Å². The van der Waals surface area contributed by atoms with Crippen LogP contribution in [-0.2, 0) is 11.2 Å². The normalized spacial score (nSPS) is 13.3. The third-order valence-corrected chi connectivity index (χ3v) is 3.30. The predicted molar refractivity (Wildman–Crippen MR) is 84.6 cm³/mol. The minimum Gasteiger partial charge on any atom is -0.493 e. The Bertz CT molecular complexity index is 429. The van der Waals surface area contributed by atoms with Crippen LogP contribution in [0.2, 0.25) is 0 Å². The van der Waals surface area contributed by atoms with Crippen molar-refractivity contribution >= 4 is 17.4 Å². The van der Waals surface area contributed by atoms with Crippen LogP contribution in [0.4, 0.5) is 0 Å². The Kier molecular flexibility index (Phi) is 6.07. The molecular formula is C17H25ClO2. The molecule has 0 fully saturated rings. The maximum atomic E-state index is 12.1. The molecule has 112 valence electrons. The van der Waals surface area contributed by atoms with E-state index in [1.807, 2.05) is 45.0 Å². The van der Waals surface area contributed by atoms with Crippen LogP contribution in [-0.4, -0.2) is 17.8 Å². The first-order valence-electron chi connectivity index (χ1n) is 7.10. The van der Waals surface area contributed by atoms with E-state index in [-0.39, 0.29) is 5.78 Å². The number of hydrogen-bond acceptors (Lipinski definition) is 2. The van der Waals surface area contributed by atoms with Crippen molar-refractivity contribution in [2.24, 2.45) is 11.3 Å². The summed E-state index contributed by atoms with van der Waals surface area (Å²) in [6.07, 6.45) is 0.558. The maximum absolute atomic E-state index is 12.1. The van der Waals surface area contributed by atoms with Crippen molar-refractivity contribution < 1.29 is 9.53 Å². The third-order valence-electron chi connectivity index (χ3n) is 2.95. The van der Waals surface area contributed by atoms with Crippen molar-refractivity contribution in [3.8, 4) is 5.75 Å². The second-order valence-corrected chi connectivity index (χ2v) is 7.16. The molecule has 0 spiro atoms. The van der Waals surface area contributed by atoms with E-state index in [9.17, 15) is 4.79 Å². The first-order valence-corrected chi connectivity index (χ1v) is 7.54. The van der Waals surface area contributed by atoms with Crippen molar-refractivity contribution in [1.82, 2.24) is 0 Å². The van der Waals surface area contributed by atoms with Gasteiger partial charge in [0, 0.05) is 5.41 Å². The number of Topliss-reactive ketones (excluding diaryl/α,β-unsaturated/α-hetero) is 1. The summed E-state index contributed by atoms with van der Waals surface area (Å²) in [5.41, 5.74) is 0.659. The first kappa shape index (κ1) is 17.0. The molecule has 0 aliphatic rings. The summed E-state index contributed by atoms with van der Waals surface area (Å²) in [6, 6.07) is 7.81. The monoisotopic (exact) mass is 296 g/mol. The Morgan fingerprint density at radius 3 is 2.20 bits per heavy atom. The van der Waals surface area contributed by atoms with Crippen LogP contribution in [0.1, 0.15) is 40.2 Å². The zero-order valence-corrected chi connectivity index (χ0v) is 13.8. The number of rotatable bonds is 6. The molecule has 3 heteroatoms. The first-order chi connectivity index (χ1) is 9.20. The van der Waals surface area contributed by atoms with Crippen LogP contribution in [0, 0.1) is 11.3 Å². The number of carbonyl (C=O) groups is 1. The molecule has 0 radical (unpaired) electrons. The van der Waals surface area contributed by atoms with Crippen LogP contribution in [0.25, 0.3) is 0 Å². The quantitative estimate of drug-likeness (QED) is 0.723. The van der Waals surface area contributed by atoms with Gasteiger partial charge in [0.25, 0.3) is 0 Å². The average molecular weight is 297 g/mol. The zero-order valence-electron chi connectivity index (χ0n) is 13.1. The molecule has 20 heavy (non-hydrogen) atoms. The van der Waals surface area contributed by atoms with Crippen molar-refractivity contribution in [2.45, 2.75) is 46.4 Å². The Labute approximate surface area is 127 Å². The summed E-state index contributed by atoms with van der Waals surface area (Å²) in [4.78, 5) is 12.1. The lowest BCUT2D eigenvalue weighted by Gasteiger charge is -2.20. The molecule has 2 nitrogen and oxygen atoms in total. The van der Waals surface area contributed by atoms with Gasteiger partial charge in [-0.25, -0.2) is 0 Å². The molecule has 0 saturated carbocycles. The van der Waals surface area contributed by atoms with Crippen LogP contribution < -0.4 is 4.74 Å². The number of ketones is 1. The van der Waals surface area contributed by atoms with Crippen LogP contribution in [0.5, 0.6) is 5.75 Å². The fraction of sp³-hybridized carbons (Fsp3) is 0.588. The molecule has 1 aromatic carbocycles. The van der Waals surface area contributed by atoms with Crippen LogP contribution in [0.15, 0.2) is 24.3 Å². The second-order valence-electron chi connectivity index (χ2n) is 6.63. The van der Waals surface area contributed by atoms with E-state index in [0.717, 1.165) is 11.3 Å². The molecule has 0 aromatic heterocycles. The van der Waals surface area contributed by atoms with Gasteiger partial charge in [-0.1, -0.05) is 46.8 Å². The summed E-state index contributed by atoms with van der Waals surface area (Å²) in [5, 5.41) is -0.475. The van der Waals surface area contributed by atoms with E-state index in [1.54, 1.807) is 0 Å². The van der Waals surface area contributed by atoms with E-state index >= 15 is 0 Å². The van der Waals surface area contributed by atoms with E-state index < -0.39 is 10.8 Å². The van der Waals surface area contributed by atoms with E-state index in [4.69, 9.17) is 16.3 Å². The van der Waals surface area contributed by atoms with Crippen molar-refractivity contribution in [1.29, 1.82) is 0 Å². The summed E-state index contributed by atoms with van der Waals surface area (Å²) in [6.45, 7) is 10.6. The van der Waals surface area contributed by atoms with E-state index in [1.165, 1.54) is 0 Å². The number of carbonyl (C=O) groups excluding carboxylic acids is 1. The molecule has 0 amide bonds.